The first-order valence-electron chi connectivity index (χ1n) is 9.85. The highest BCUT2D eigenvalue weighted by molar-refractivity contribution is 7.89. The van der Waals surface area contributed by atoms with Gasteiger partial charge in [0.05, 0.1) is 17.3 Å². The van der Waals surface area contributed by atoms with Crippen LogP contribution < -0.4 is 10.0 Å². The molecule has 10 heteroatoms. The molecule has 1 saturated heterocycles. The number of aryl methyl sites for hydroxylation is 2. The summed E-state index contributed by atoms with van der Waals surface area (Å²) in [4.78, 5) is 22.7. The summed E-state index contributed by atoms with van der Waals surface area (Å²) in [6.45, 7) is 0.761. The number of fused-ring (bicyclic) bond motifs is 3. The van der Waals surface area contributed by atoms with Crippen LogP contribution in [0.2, 0.25) is 0 Å². The van der Waals surface area contributed by atoms with Gasteiger partial charge >= 0.3 is 0 Å². The van der Waals surface area contributed by atoms with Crippen LogP contribution >= 0.6 is 11.3 Å². The van der Waals surface area contributed by atoms with Crippen molar-refractivity contribution in [1.82, 2.24) is 19.9 Å². The number of nitrogens with zero attached hydrogens (tertiary/aromatic N) is 5. The molecule has 4 heterocycles. The molecule has 0 amide bonds. The topological polar surface area (TPSA) is 115 Å². The van der Waals surface area contributed by atoms with Gasteiger partial charge in [0.2, 0.25) is 10.0 Å². The Balaban J connectivity index is 1.70. The largest absolute Gasteiger partial charge is 0.352 e. The van der Waals surface area contributed by atoms with Gasteiger partial charge in [0, 0.05) is 29.9 Å². The minimum Gasteiger partial charge on any atom is -0.352 e. The molecule has 1 aliphatic carbocycles. The highest BCUT2D eigenvalue weighted by Gasteiger charge is 2.32. The molecule has 152 valence electrons. The van der Waals surface area contributed by atoms with Crippen LogP contribution in [0.3, 0.4) is 0 Å². The quantitative estimate of drug-likeness (QED) is 0.675. The van der Waals surface area contributed by atoms with Gasteiger partial charge in [-0.05, 0) is 44.1 Å². The molecule has 1 aliphatic heterocycles. The first kappa shape index (κ1) is 18.8. The highest BCUT2D eigenvalue weighted by atomic mass is 32.2. The molecule has 5 rings (SSSR count). The lowest BCUT2D eigenvalue weighted by Gasteiger charge is -2.26. The van der Waals surface area contributed by atoms with Crippen LogP contribution in [-0.4, -0.2) is 46.7 Å². The normalized spacial score (nSPS) is 19.6. The summed E-state index contributed by atoms with van der Waals surface area (Å²) in [5, 5.41) is 6.46. The minimum absolute atomic E-state index is 0.0642. The molecule has 0 saturated carbocycles. The van der Waals surface area contributed by atoms with Gasteiger partial charge in [0.15, 0.2) is 5.82 Å². The molecular formula is C19H22N6O2S2. The summed E-state index contributed by atoms with van der Waals surface area (Å²) in [5.74, 6) is 1.28. The fourth-order valence-corrected chi connectivity index (χ4v) is 6.57. The molecule has 0 unspecified atom stereocenters. The van der Waals surface area contributed by atoms with Crippen molar-refractivity contribution in [3.63, 3.8) is 0 Å². The lowest BCUT2D eigenvalue weighted by Crippen LogP contribution is -2.38. The van der Waals surface area contributed by atoms with Crippen molar-refractivity contribution in [3.8, 4) is 11.5 Å². The Morgan fingerprint density at radius 2 is 2.03 bits per heavy atom. The van der Waals surface area contributed by atoms with Gasteiger partial charge in [-0.3, -0.25) is 4.98 Å². The molecule has 2 aliphatic rings. The third kappa shape index (κ3) is 3.60. The van der Waals surface area contributed by atoms with Crippen molar-refractivity contribution in [2.75, 3.05) is 17.2 Å². The maximum absolute atomic E-state index is 11.8. The Morgan fingerprint density at radius 1 is 1.17 bits per heavy atom. The average molecular weight is 431 g/mol. The number of thiophene rings is 1. The van der Waals surface area contributed by atoms with Gasteiger partial charge in [-0.1, -0.05) is 0 Å². The van der Waals surface area contributed by atoms with E-state index in [2.05, 4.69) is 14.9 Å². The van der Waals surface area contributed by atoms with Gasteiger partial charge < -0.3 is 4.90 Å². The smallest absolute Gasteiger partial charge is 0.211 e. The molecule has 0 bridgehead atoms. The maximum atomic E-state index is 11.8. The van der Waals surface area contributed by atoms with Crippen LogP contribution in [0, 0.1) is 0 Å². The first-order valence-corrected chi connectivity index (χ1v) is 12.4. The zero-order valence-corrected chi connectivity index (χ0v) is 17.5. The fraction of sp³-hybridized carbons (Fsp3) is 0.474. The predicted octanol–water partition coefficient (Wildman–Crippen LogP) is 2.28. The second-order valence-electron chi connectivity index (χ2n) is 7.67. The lowest BCUT2D eigenvalue weighted by atomic mass is 9.97. The Bertz CT molecular complexity index is 1160. The second-order valence-corrected chi connectivity index (χ2v) is 10.4. The summed E-state index contributed by atoms with van der Waals surface area (Å²) >= 11 is 1.73. The Hall–Kier alpha value is -2.17. The first-order chi connectivity index (χ1) is 14.0. The van der Waals surface area contributed by atoms with E-state index in [4.69, 9.17) is 15.1 Å². The molecule has 1 fully saturated rings. The summed E-state index contributed by atoms with van der Waals surface area (Å²) < 4.78 is 23.6. The third-order valence-corrected chi connectivity index (χ3v) is 7.70. The number of nitrogens with two attached hydrogens (primary N) is 1. The van der Waals surface area contributed by atoms with Gasteiger partial charge in [-0.15, -0.1) is 11.3 Å². The summed E-state index contributed by atoms with van der Waals surface area (Å²) in [6, 6.07) is -0.169. The van der Waals surface area contributed by atoms with E-state index in [9.17, 15) is 8.42 Å². The molecule has 1 atom stereocenters. The number of sulfonamides is 1. The Labute approximate surface area is 173 Å². The van der Waals surface area contributed by atoms with Crippen molar-refractivity contribution in [2.45, 2.75) is 44.6 Å². The number of rotatable bonds is 4. The molecule has 0 aromatic carbocycles. The van der Waals surface area contributed by atoms with E-state index in [1.165, 1.54) is 16.9 Å². The standard InChI is InChI=1S/C19H22N6O2S2/c20-29(26,27)11-12-4-3-9-25(12)18-16-13-5-1-2-6-15(13)28-19(16)24-17(23-18)14-10-21-7-8-22-14/h7-8,10,12H,1-6,9,11H2,(H2,20,26,27)/t12-/m0/s1. The van der Waals surface area contributed by atoms with E-state index in [0.717, 1.165) is 54.7 Å². The molecule has 29 heavy (non-hydrogen) atoms. The van der Waals surface area contributed by atoms with Crippen LogP contribution in [0.15, 0.2) is 18.6 Å². The summed E-state index contributed by atoms with van der Waals surface area (Å²) in [5.41, 5.74) is 1.95. The highest BCUT2D eigenvalue weighted by Crippen LogP contribution is 2.42. The van der Waals surface area contributed by atoms with Crippen LogP contribution in [0.25, 0.3) is 21.7 Å². The van der Waals surface area contributed by atoms with Crippen molar-refractivity contribution >= 4 is 37.4 Å². The van der Waals surface area contributed by atoms with Crippen LogP contribution in [0.1, 0.15) is 36.1 Å². The molecule has 8 nitrogen and oxygen atoms in total. The number of hydrogen-bond acceptors (Lipinski definition) is 8. The van der Waals surface area contributed by atoms with E-state index < -0.39 is 10.0 Å². The van der Waals surface area contributed by atoms with Crippen LogP contribution in [0.4, 0.5) is 5.82 Å². The van der Waals surface area contributed by atoms with Crippen LogP contribution in [-0.2, 0) is 22.9 Å². The van der Waals surface area contributed by atoms with E-state index in [-0.39, 0.29) is 11.8 Å². The summed E-state index contributed by atoms with van der Waals surface area (Å²) in [6.07, 6.45) is 11.0. The molecule has 3 aromatic rings. The number of anilines is 1. The van der Waals surface area contributed by atoms with Crippen molar-refractivity contribution in [1.29, 1.82) is 0 Å². The minimum atomic E-state index is -3.57. The lowest BCUT2D eigenvalue weighted by molar-refractivity contribution is 0.587. The number of primary sulfonamides is 1. The predicted molar refractivity (Wildman–Crippen MR) is 113 cm³/mol. The van der Waals surface area contributed by atoms with E-state index in [0.29, 0.717) is 11.5 Å². The van der Waals surface area contributed by atoms with Gasteiger partial charge in [0.1, 0.15) is 16.3 Å². The second kappa shape index (κ2) is 7.26. The van der Waals surface area contributed by atoms with E-state index in [1.54, 1.807) is 29.9 Å². The summed E-state index contributed by atoms with van der Waals surface area (Å²) in [7, 11) is -3.57. The molecule has 0 spiro atoms. The fourth-order valence-electron chi connectivity index (χ4n) is 4.43. The molecule has 0 radical (unpaired) electrons. The van der Waals surface area contributed by atoms with Gasteiger partial charge in [-0.2, -0.15) is 0 Å². The zero-order valence-electron chi connectivity index (χ0n) is 15.9. The molecule has 3 aromatic heterocycles. The van der Waals surface area contributed by atoms with E-state index in [1.807, 2.05) is 0 Å². The van der Waals surface area contributed by atoms with Gasteiger partial charge in [-0.25, -0.2) is 28.5 Å². The molecule has 2 N–H and O–H groups in total. The van der Waals surface area contributed by atoms with Gasteiger partial charge in [0.25, 0.3) is 0 Å². The number of aromatic nitrogens is 4. The third-order valence-electron chi connectivity index (χ3n) is 5.66. The van der Waals surface area contributed by atoms with Crippen molar-refractivity contribution in [3.05, 3.63) is 29.0 Å². The molecular weight excluding hydrogens is 408 g/mol. The van der Waals surface area contributed by atoms with E-state index >= 15 is 0 Å². The Morgan fingerprint density at radius 3 is 2.83 bits per heavy atom. The van der Waals surface area contributed by atoms with Crippen molar-refractivity contribution < 1.29 is 8.42 Å². The SMILES string of the molecule is NS(=O)(=O)C[C@@H]1CCCN1c1nc(-c2cnccn2)nc2sc3c(c12)CCCC3. The zero-order chi connectivity index (χ0) is 20.0. The Kier molecular flexibility index (Phi) is 4.72. The number of hydrogen-bond donors (Lipinski definition) is 1. The monoisotopic (exact) mass is 430 g/mol. The van der Waals surface area contributed by atoms with Crippen LogP contribution in [0.5, 0.6) is 0 Å². The maximum Gasteiger partial charge on any atom is 0.211 e. The van der Waals surface area contributed by atoms with Crippen molar-refractivity contribution in [2.24, 2.45) is 5.14 Å². The average Bonchev–Trinajstić information content (AvgIpc) is 3.30.